The summed E-state index contributed by atoms with van der Waals surface area (Å²) < 4.78 is 6.06. The molecule has 5 rings (SSSR count). The number of pyridine rings is 2. The van der Waals surface area contributed by atoms with Crippen LogP contribution in [0.5, 0.6) is 5.75 Å². The Balaban J connectivity index is 1.36. The first-order valence-corrected chi connectivity index (χ1v) is 19.2. The fourth-order valence-electron chi connectivity index (χ4n) is 6.25. The van der Waals surface area contributed by atoms with E-state index in [1.807, 2.05) is 88.4 Å². The van der Waals surface area contributed by atoms with Crippen molar-refractivity contribution < 1.29 is 23.9 Å². The molecule has 0 saturated carbocycles. The fourth-order valence-corrected chi connectivity index (χ4v) is 6.25. The highest BCUT2D eigenvalue weighted by atomic mass is 16.5. The second-order valence-electron chi connectivity index (χ2n) is 14.7. The number of rotatable bonds is 18. The molecule has 0 fully saturated rings. The van der Waals surface area contributed by atoms with Crippen LogP contribution < -0.4 is 26.0 Å². The zero-order chi connectivity index (χ0) is 39.3. The molecule has 0 unspecified atom stereocenters. The summed E-state index contributed by atoms with van der Waals surface area (Å²) in [5.74, 6) is -0.662. The number of carbonyl (C=O) groups excluding carboxylic acids is 4. The van der Waals surface area contributed by atoms with E-state index in [1.54, 1.807) is 24.3 Å². The van der Waals surface area contributed by atoms with E-state index in [9.17, 15) is 19.2 Å². The Morgan fingerprint density at radius 3 is 1.53 bits per heavy atom. The molecule has 2 aromatic heterocycles. The molecule has 0 bridgehead atoms. The molecule has 0 saturated heterocycles. The van der Waals surface area contributed by atoms with Crippen LogP contribution in [0.25, 0.3) is 21.8 Å². The highest BCUT2D eigenvalue weighted by Crippen LogP contribution is 2.22. The second-order valence-corrected chi connectivity index (χ2v) is 14.7. The van der Waals surface area contributed by atoms with Crippen LogP contribution in [0.4, 0.5) is 11.6 Å². The van der Waals surface area contributed by atoms with E-state index in [2.05, 4.69) is 38.2 Å². The average Bonchev–Trinajstić information content (AvgIpc) is 3.16. The number of ether oxygens (including phenoxy) is 1. The molecule has 0 aliphatic carbocycles. The number of hydrogen-bond donors (Lipinski definition) is 4. The van der Waals surface area contributed by atoms with E-state index in [0.717, 1.165) is 47.5 Å². The number of amides is 4. The predicted octanol–water partition coefficient (Wildman–Crippen LogP) is 8.31. The van der Waals surface area contributed by atoms with Crippen molar-refractivity contribution in [3.8, 4) is 5.75 Å². The molecular weight excluding hydrogens is 693 g/mol. The monoisotopic (exact) mass is 744 g/mol. The van der Waals surface area contributed by atoms with Gasteiger partial charge in [0.1, 0.15) is 29.5 Å². The van der Waals surface area contributed by atoms with Gasteiger partial charge in [0, 0.05) is 21.9 Å². The SMILES string of the molecule is CCCCCCOc1cc(C(=O)N[C@@H](CC(C)C)C(=O)Nc2ccc3ccccc3n2)cc(C(=O)N[C@@H](CC(C)C)C(=O)Nc2ccc3ccccc3n2)c1. The van der Waals surface area contributed by atoms with E-state index < -0.39 is 35.7 Å². The van der Waals surface area contributed by atoms with Gasteiger partial charge in [0.2, 0.25) is 11.8 Å². The Kier molecular flexibility index (Phi) is 14.3. The van der Waals surface area contributed by atoms with Crippen LogP contribution in [0.15, 0.2) is 91.0 Å². The summed E-state index contributed by atoms with van der Waals surface area (Å²) in [7, 11) is 0. The third kappa shape index (κ3) is 11.8. The first kappa shape index (κ1) is 40.3. The first-order chi connectivity index (χ1) is 26.5. The first-order valence-electron chi connectivity index (χ1n) is 19.2. The van der Waals surface area contributed by atoms with Crippen LogP contribution in [0.3, 0.4) is 0 Å². The Labute approximate surface area is 323 Å². The van der Waals surface area contributed by atoms with Crippen molar-refractivity contribution in [1.29, 1.82) is 0 Å². The topological polar surface area (TPSA) is 151 Å². The van der Waals surface area contributed by atoms with Crippen LogP contribution in [0.2, 0.25) is 0 Å². The molecular formula is C44H52N6O5. The van der Waals surface area contributed by atoms with Crippen LogP contribution >= 0.6 is 0 Å². The van der Waals surface area contributed by atoms with Crippen molar-refractivity contribution in [2.24, 2.45) is 11.8 Å². The summed E-state index contributed by atoms with van der Waals surface area (Å²) in [6.45, 7) is 10.4. The Morgan fingerprint density at radius 2 is 1.07 bits per heavy atom. The van der Waals surface area contributed by atoms with Crippen molar-refractivity contribution >= 4 is 57.1 Å². The Bertz CT molecular complexity index is 1980. The summed E-state index contributed by atoms with van der Waals surface area (Å²) in [6, 6.07) is 25.3. The molecule has 2 heterocycles. The number of fused-ring (bicyclic) bond motifs is 2. The number of anilines is 2. The van der Waals surface area contributed by atoms with E-state index in [0.29, 0.717) is 36.8 Å². The van der Waals surface area contributed by atoms with Crippen LogP contribution in [-0.2, 0) is 9.59 Å². The van der Waals surface area contributed by atoms with Crippen LogP contribution in [0, 0.1) is 11.8 Å². The summed E-state index contributed by atoms with van der Waals surface area (Å²) in [5.41, 5.74) is 1.76. The van der Waals surface area contributed by atoms with Crippen molar-refractivity contribution in [3.05, 3.63) is 102 Å². The van der Waals surface area contributed by atoms with Crippen molar-refractivity contribution in [1.82, 2.24) is 20.6 Å². The van der Waals surface area contributed by atoms with Gasteiger partial charge in [-0.2, -0.15) is 0 Å². The van der Waals surface area contributed by atoms with Gasteiger partial charge >= 0.3 is 0 Å². The summed E-state index contributed by atoms with van der Waals surface area (Å²) in [5, 5.41) is 13.4. The molecule has 288 valence electrons. The standard InChI is InChI=1S/C44H52N6O5/c1-6-7-8-13-22-55-34-26-32(41(51)47-37(23-28(2)3)43(53)49-39-20-18-30-14-9-11-16-35(30)45-39)25-33(27-34)42(52)48-38(24-29(4)5)44(54)50-40-21-19-31-15-10-12-17-36(31)46-40/h9-12,14-21,25-29,37-38H,6-8,13,22-24H2,1-5H3,(H,47,51)(H,48,52)(H,45,49,53)(H,46,50,54)/t37-,38-/m0/s1. The zero-order valence-electron chi connectivity index (χ0n) is 32.4. The lowest BCUT2D eigenvalue weighted by Crippen LogP contribution is -2.45. The molecule has 4 N–H and O–H groups in total. The number of nitrogens with one attached hydrogen (secondary N) is 4. The molecule has 0 spiro atoms. The lowest BCUT2D eigenvalue weighted by molar-refractivity contribution is -0.119. The highest BCUT2D eigenvalue weighted by molar-refractivity contribution is 6.05. The normalized spacial score (nSPS) is 12.3. The predicted molar refractivity (Wildman–Crippen MR) is 218 cm³/mol. The fraction of sp³-hybridized carbons (Fsp3) is 0.364. The van der Waals surface area contributed by atoms with Gasteiger partial charge in [-0.05, 0) is 85.7 Å². The summed E-state index contributed by atoms with van der Waals surface area (Å²) in [6.07, 6.45) is 4.67. The summed E-state index contributed by atoms with van der Waals surface area (Å²) in [4.78, 5) is 64.1. The van der Waals surface area contributed by atoms with Gasteiger partial charge in [0.05, 0.1) is 17.6 Å². The molecule has 3 aromatic carbocycles. The lowest BCUT2D eigenvalue weighted by atomic mass is 10.0. The minimum absolute atomic E-state index is 0.0774. The number of aromatic nitrogens is 2. The van der Waals surface area contributed by atoms with Crippen molar-refractivity contribution in [2.75, 3.05) is 17.2 Å². The maximum Gasteiger partial charge on any atom is 0.252 e. The maximum atomic E-state index is 13.9. The smallest absolute Gasteiger partial charge is 0.252 e. The minimum Gasteiger partial charge on any atom is -0.494 e. The molecule has 55 heavy (non-hydrogen) atoms. The van der Waals surface area contributed by atoms with Gasteiger partial charge in [-0.25, -0.2) is 9.97 Å². The molecule has 11 heteroatoms. The largest absolute Gasteiger partial charge is 0.494 e. The quantitative estimate of drug-likeness (QED) is 0.0659. The van der Waals surface area contributed by atoms with E-state index in [1.165, 1.54) is 6.07 Å². The van der Waals surface area contributed by atoms with Gasteiger partial charge in [0.25, 0.3) is 11.8 Å². The van der Waals surface area contributed by atoms with Crippen LogP contribution in [0.1, 0.15) is 93.9 Å². The van der Waals surface area contributed by atoms with E-state index in [-0.39, 0.29) is 23.0 Å². The maximum absolute atomic E-state index is 13.9. The number of para-hydroxylation sites is 2. The second kappa shape index (κ2) is 19.5. The van der Waals surface area contributed by atoms with Crippen molar-refractivity contribution in [2.45, 2.75) is 85.2 Å². The van der Waals surface area contributed by atoms with E-state index >= 15 is 0 Å². The van der Waals surface area contributed by atoms with Gasteiger partial charge < -0.3 is 26.0 Å². The molecule has 11 nitrogen and oxygen atoms in total. The Hall–Kier alpha value is -5.84. The molecule has 0 aliphatic rings. The number of nitrogens with zero attached hydrogens (tertiary/aromatic N) is 2. The number of unbranched alkanes of at least 4 members (excludes halogenated alkanes) is 3. The Morgan fingerprint density at radius 1 is 0.600 bits per heavy atom. The molecule has 2 atom stereocenters. The minimum atomic E-state index is -0.889. The number of hydrogen-bond acceptors (Lipinski definition) is 7. The number of carbonyl (C=O) groups is 4. The van der Waals surface area contributed by atoms with Crippen LogP contribution in [-0.4, -0.2) is 52.3 Å². The van der Waals surface area contributed by atoms with E-state index in [4.69, 9.17) is 4.74 Å². The number of benzene rings is 3. The molecule has 5 aromatic rings. The van der Waals surface area contributed by atoms with Gasteiger partial charge in [-0.15, -0.1) is 0 Å². The third-order valence-corrected chi connectivity index (χ3v) is 9.05. The van der Waals surface area contributed by atoms with Crippen molar-refractivity contribution in [3.63, 3.8) is 0 Å². The molecule has 0 aliphatic heterocycles. The third-order valence-electron chi connectivity index (χ3n) is 9.05. The summed E-state index contributed by atoms with van der Waals surface area (Å²) >= 11 is 0. The lowest BCUT2D eigenvalue weighted by Gasteiger charge is -2.22. The van der Waals surface area contributed by atoms with Gasteiger partial charge in [0.15, 0.2) is 0 Å². The zero-order valence-corrected chi connectivity index (χ0v) is 32.4. The van der Waals surface area contributed by atoms with Gasteiger partial charge in [-0.3, -0.25) is 19.2 Å². The average molecular weight is 745 g/mol. The molecule has 4 amide bonds. The van der Waals surface area contributed by atoms with Gasteiger partial charge in [-0.1, -0.05) is 90.3 Å². The highest BCUT2D eigenvalue weighted by Gasteiger charge is 2.26. The molecule has 0 radical (unpaired) electrons.